The van der Waals surface area contributed by atoms with Crippen LogP contribution in [0.5, 0.6) is 0 Å². The van der Waals surface area contributed by atoms with Gasteiger partial charge < -0.3 is 9.13 Å². The second-order valence-electron chi connectivity index (χ2n) is 26.6. The van der Waals surface area contributed by atoms with Crippen molar-refractivity contribution in [2.45, 2.75) is 0 Å². The molecule has 8 heteroatoms. The lowest BCUT2D eigenvalue weighted by Gasteiger charge is -2.11. The van der Waals surface area contributed by atoms with Crippen LogP contribution in [0.3, 0.4) is 0 Å². The van der Waals surface area contributed by atoms with Crippen LogP contribution in [0, 0.1) is 0 Å². The van der Waals surface area contributed by atoms with Crippen molar-refractivity contribution in [3.05, 3.63) is 388 Å². The Morgan fingerprint density at radius 1 is 0.151 bits per heavy atom. The van der Waals surface area contributed by atoms with E-state index < -0.39 is 0 Å². The normalized spacial score (nSPS) is 11.4. The Hall–Kier alpha value is -14.3. The van der Waals surface area contributed by atoms with E-state index in [1.807, 2.05) is 121 Å². The fourth-order valence-corrected chi connectivity index (χ4v) is 14.9. The molecule has 0 spiro atoms. The third-order valence-corrected chi connectivity index (χ3v) is 20.1. The highest BCUT2D eigenvalue weighted by Gasteiger charge is 2.21. The summed E-state index contributed by atoms with van der Waals surface area (Å²) in [7, 11) is 0. The summed E-state index contributed by atoms with van der Waals surface area (Å²) in [6.07, 6.45) is 0. The quantitative estimate of drug-likeness (QED) is 0.121. The van der Waals surface area contributed by atoms with Gasteiger partial charge in [-0.05, 0) is 133 Å². The Morgan fingerprint density at radius 2 is 0.406 bits per heavy atom. The number of para-hydroxylation sites is 2. The maximum Gasteiger partial charge on any atom is 0.164 e. The molecule has 20 aromatic rings. The lowest BCUT2D eigenvalue weighted by atomic mass is 9.97. The number of hydrogen-bond donors (Lipinski definition) is 0. The summed E-state index contributed by atoms with van der Waals surface area (Å²) in [5, 5.41) is 9.85. The minimum Gasteiger partial charge on any atom is -0.309 e. The summed E-state index contributed by atoms with van der Waals surface area (Å²) in [5.41, 5.74) is 22.1. The minimum absolute atomic E-state index is 0.642. The van der Waals surface area contributed by atoms with E-state index in [-0.39, 0.29) is 0 Å². The number of aromatic nitrogens is 8. The summed E-state index contributed by atoms with van der Waals surface area (Å²) in [5.74, 6) is 3.90. The number of rotatable bonds is 12. The Balaban J connectivity index is 0.000000145. The standard InChI is InChI=1S/2C49H32N4/c1-4-14-33(15-5-1)38-21-13-23-41(31-38)53-44-25-11-10-24-42(44)46-43-32-39(27-26-34(43)28-29-45(46)53)37-20-12-22-40(30-37)49-51-47(35-16-6-2-7-17-35)50-48(52-49)36-18-8-3-9-19-36;1-4-13-33(14-5-1)39-19-12-20-41(31-39)53-44-22-11-10-21-42(44)46-43-32-40(28-25-35(43)29-30-45(46)53)34-23-26-38(27-24-34)49-51-47(36-15-6-2-7-16-36)50-48(52-49)37-17-8-3-9-18-37/h2*1-32H. The molecule has 0 aliphatic heterocycles. The Bertz CT molecular complexity index is 6540. The first-order valence-electron chi connectivity index (χ1n) is 35.7. The first-order valence-corrected chi connectivity index (χ1v) is 35.7. The topological polar surface area (TPSA) is 87.2 Å². The van der Waals surface area contributed by atoms with E-state index >= 15 is 0 Å². The van der Waals surface area contributed by atoms with E-state index in [9.17, 15) is 0 Å². The third-order valence-electron chi connectivity index (χ3n) is 20.1. The Morgan fingerprint density at radius 3 is 0.802 bits per heavy atom. The van der Waals surface area contributed by atoms with E-state index in [1.54, 1.807) is 0 Å². The van der Waals surface area contributed by atoms with Crippen molar-refractivity contribution in [3.63, 3.8) is 0 Å². The van der Waals surface area contributed by atoms with Crippen LogP contribution in [0.25, 0.3) is 189 Å². The Labute approximate surface area is 612 Å². The van der Waals surface area contributed by atoms with Crippen LogP contribution < -0.4 is 0 Å². The highest BCUT2D eigenvalue weighted by atomic mass is 15.0. The largest absolute Gasteiger partial charge is 0.309 e. The van der Waals surface area contributed by atoms with Gasteiger partial charge in [-0.2, -0.15) is 0 Å². The molecule has 0 unspecified atom stereocenters. The van der Waals surface area contributed by atoms with Crippen LogP contribution in [0.15, 0.2) is 388 Å². The number of hydrogen-bond acceptors (Lipinski definition) is 6. The molecule has 106 heavy (non-hydrogen) atoms. The van der Waals surface area contributed by atoms with Crippen LogP contribution in [-0.4, -0.2) is 39.0 Å². The zero-order valence-corrected chi connectivity index (χ0v) is 57.5. The molecule has 0 saturated heterocycles. The molecule has 0 aliphatic carbocycles. The summed E-state index contributed by atoms with van der Waals surface area (Å²) in [4.78, 5) is 29.6. The van der Waals surface area contributed by atoms with E-state index in [1.165, 1.54) is 87.4 Å². The molecule has 0 aliphatic rings. The van der Waals surface area contributed by atoms with Crippen molar-refractivity contribution in [2.24, 2.45) is 0 Å². The van der Waals surface area contributed by atoms with E-state index in [4.69, 9.17) is 29.9 Å². The SMILES string of the molecule is c1ccc(-c2cccc(-n3c4ccccc4c4c5cc(-c6ccc(-c7nc(-c8ccccc8)nc(-c8ccccc8)n7)cc6)ccc5ccc43)c2)cc1.c1ccc(-c2cccc(-n3c4ccccc4c4c5cc(-c6cccc(-c7nc(-c8ccccc8)nc(-c8ccccc8)n7)c6)ccc5ccc43)c2)cc1. The second kappa shape index (κ2) is 27.2. The van der Waals surface area contributed by atoms with Crippen LogP contribution >= 0.6 is 0 Å². The van der Waals surface area contributed by atoms with Gasteiger partial charge >= 0.3 is 0 Å². The maximum absolute atomic E-state index is 4.99. The zero-order valence-electron chi connectivity index (χ0n) is 57.5. The first kappa shape index (κ1) is 62.6. The predicted molar refractivity (Wildman–Crippen MR) is 438 cm³/mol. The average molecular weight is 1350 g/mol. The zero-order chi connectivity index (χ0) is 70.3. The molecule has 20 rings (SSSR count). The molecule has 0 atom stereocenters. The molecule has 0 amide bonds. The molecule has 0 fully saturated rings. The van der Waals surface area contributed by atoms with Gasteiger partial charge in [-0.25, -0.2) is 29.9 Å². The van der Waals surface area contributed by atoms with Crippen molar-refractivity contribution in [3.8, 4) is 124 Å². The van der Waals surface area contributed by atoms with E-state index in [2.05, 4.69) is 276 Å². The molecule has 0 N–H and O–H groups in total. The molecule has 4 aromatic heterocycles. The molecular formula is C98H64N8. The van der Waals surface area contributed by atoms with Crippen molar-refractivity contribution < 1.29 is 0 Å². The molecule has 0 bridgehead atoms. The van der Waals surface area contributed by atoms with E-state index in [0.29, 0.717) is 34.9 Å². The lowest BCUT2D eigenvalue weighted by Crippen LogP contribution is -2.00. The fourth-order valence-electron chi connectivity index (χ4n) is 14.9. The van der Waals surface area contributed by atoms with Gasteiger partial charge in [0.2, 0.25) is 0 Å². The number of nitrogens with zero attached hydrogens (tertiary/aromatic N) is 8. The highest BCUT2D eigenvalue weighted by Crippen LogP contribution is 2.42. The minimum atomic E-state index is 0.642. The van der Waals surface area contributed by atoms with Crippen molar-refractivity contribution in [2.75, 3.05) is 0 Å². The first-order chi connectivity index (χ1) is 52.5. The van der Waals surface area contributed by atoms with Crippen LogP contribution in [0.2, 0.25) is 0 Å². The molecule has 4 heterocycles. The van der Waals surface area contributed by atoms with Crippen molar-refractivity contribution in [1.29, 1.82) is 0 Å². The van der Waals surface area contributed by atoms with Gasteiger partial charge in [0, 0.05) is 66.3 Å². The molecule has 0 radical (unpaired) electrons. The molecule has 16 aromatic carbocycles. The highest BCUT2D eigenvalue weighted by molar-refractivity contribution is 6.23. The average Bonchev–Trinajstić information content (AvgIpc) is 1.57. The van der Waals surface area contributed by atoms with Gasteiger partial charge in [-0.1, -0.05) is 322 Å². The van der Waals surface area contributed by atoms with Gasteiger partial charge in [-0.15, -0.1) is 0 Å². The lowest BCUT2D eigenvalue weighted by molar-refractivity contribution is 1.07. The molecule has 0 saturated carbocycles. The number of fused-ring (bicyclic) bond motifs is 10. The smallest absolute Gasteiger partial charge is 0.164 e. The molecule has 8 nitrogen and oxygen atoms in total. The van der Waals surface area contributed by atoms with Crippen molar-refractivity contribution in [1.82, 2.24) is 39.0 Å². The summed E-state index contributed by atoms with van der Waals surface area (Å²) in [6.45, 7) is 0. The second-order valence-corrected chi connectivity index (χ2v) is 26.6. The van der Waals surface area contributed by atoms with Crippen LogP contribution in [-0.2, 0) is 0 Å². The van der Waals surface area contributed by atoms with Crippen LogP contribution in [0.1, 0.15) is 0 Å². The van der Waals surface area contributed by atoms with Gasteiger partial charge in [0.25, 0.3) is 0 Å². The van der Waals surface area contributed by atoms with Gasteiger partial charge in [-0.3, -0.25) is 0 Å². The van der Waals surface area contributed by atoms with Gasteiger partial charge in [0.05, 0.1) is 22.1 Å². The summed E-state index contributed by atoms with van der Waals surface area (Å²) < 4.78 is 4.80. The third kappa shape index (κ3) is 11.9. The maximum atomic E-state index is 4.99. The van der Waals surface area contributed by atoms with Gasteiger partial charge in [0.1, 0.15) is 0 Å². The van der Waals surface area contributed by atoms with Crippen LogP contribution in [0.4, 0.5) is 0 Å². The molecular weight excluding hydrogens is 1290 g/mol. The predicted octanol–water partition coefficient (Wildman–Crippen LogP) is 24.9. The number of benzene rings is 16. The molecule has 496 valence electrons. The fraction of sp³-hybridized carbons (Fsp3) is 0. The summed E-state index contributed by atoms with van der Waals surface area (Å²) in [6, 6.07) is 136. The Kier molecular flexibility index (Phi) is 16.1. The van der Waals surface area contributed by atoms with Crippen molar-refractivity contribution >= 4 is 65.2 Å². The monoisotopic (exact) mass is 1350 g/mol. The summed E-state index contributed by atoms with van der Waals surface area (Å²) >= 11 is 0. The van der Waals surface area contributed by atoms with E-state index in [0.717, 1.165) is 67.0 Å². The van der Waals surface area contributed by atoms with Gasteiger partial charge in [0.15, 0.2) is 34.9 Å².